The summed E-state index contributed by atoms with van der Waals surface area (Å²) in [6.45, 7) is 2.41. The molecule has 0 bridgehead atoms. The molecule has 0 atom stereocenters. The first-order valence-electron chi connectivity index (χ1n) is 10.7. The van der Waals surface area contributed by atoms with Gasteiger partial charge in [-0.2, -0.15) is 0 Å². The van der Waals surface area contributed by atoms with Gasteiger partial charge < -0.3 is 4.57 Å². The molecule has 6 nitrogen and oxygen atoms in total. The highest BCUT2D eigenvalue weighted by molar-refractivity contribution is 6.39. The van der Waals surface area contributed by atoms with Gasteiger partial charge in [0.2, 0.25) is 0 Å². The minimum atomic E-state index is -0.777. The zero-order valence-corrected chi connectivity index (χ0v) is 18.3. The fourth-order valence-corrected chi connectivity index (χ4v) is 4.03. The number of urea groups is 1. The second-order valence-electron chi connectivity index (χ2n) is 8.19. The molecule has 3 aromatic carbocycles. The van der Waals surface area contributed by atoms with Gasteiger partial charge in [-0.1, -0.05) is 35.9 Å². The van der Waals surface area contributed by atoms with E-state index in [0.717, 1.165) is 26.9 Å². The molecule has 1 aromatic heterocycles. The Hall–Kier alpha value is -4.52. The lowest BCUT2D eigenvalue weighted by molar-refractivity contribution is -0.122. The van der Waals surface area contributed by atoms with Gasteiger partial charge in [0.15, 0.2) is 0 Å². The average molecular weight is 453 g/mol. The molecule has 0 unspecified atom stereocenters. The summed E-state index contributed by atoms with van der Waals surface area (Å²) in [7, 11) is 0. The van der Waals surface area contributed by atoms with E-state index >= 15 is 0 Å². The lowest BCUT2D eigenvalue weighted by atomic mass is 10.1. The van der Waals surface area contributed by atoms with E-state index in [0.29, 0.717) is 17.8 Å². The largest absolute Gasteiger partial charge is 0.343 e. The van der Waals surface area contributed by atoms with Gasteiger partial charge >= 0.3 is 6.03 Å². The van der Waals surface area contributed by atoms with Crippen LogP contribution < -0.4 is 10.2 Å². The molecule has 4 amide bonds. The third-order valence-electron chi connectivity index (χ3n) is 5.74. The van der Waals surface area contributed by atoms with Gasteiger partial charge in [-0.25, -0.2) is 14.1 Å². The third kappa shape index (κ3) is 3.99. The summed E-state index contributed by atoms with van der Waals surface area (Å²) in [5.41, 5.74) is 3.66. The molecule has 2 heterocycles. The molecule has 1 aliphatic heterocycles. The van der Waals surface area contributed by atoms with Crippen LogP contribution in [0.5, 0.6) is 0 Å². The fourth-order valence-electron chi connectivity index (χ4n) is 4.03. The van der Waals surface area contributed by atoms with Crippen molar-refractivity contribution in [1.82, 2.24) is 9.88 Å². The highest BCUT2D eigenvalue weighted by Gasteiger charge is 2.36. The van der Waals surface area contributed by atoms with Crippen LogP contribution in [0.4, 0.5) is 14.9 Å². The van der Waals surface area contributed by atoms with Gasteiger partial charge in [-0.05, 0) is 66.6 Å². The summed E-state index contributed by atoms with van der Waals surface area (Å²) >= 11 is 0. The second-order valence-corrected chi connectivity index (χ2v) is 8.19. The fraction of sp³-hybridized carbons (Fsp3) is 0.0741. The van der Waals surface area contributed by atoms with Gasteiger partial charge in [0.05, 0.1) is 5.69 Å². The number of carbonyl (C=O) groups is 3. The summed E-state index contributed by atoms with van der Waals surface area (Å²) in [6.07, 6.45) is 3.39. The van der Waals surface area contributed by atoms with Gasteiger partial charge in [0.25, 0.3) is 11.8 Å². The molecule has 5 rings (SSSR count). The van der Waals surface area contributed by atoms with Crippen molar-refractivity contribution in [3.63, 3.8) is 0 Å². The Labute approximate surface area is 194 Å². The molecular weight excluding hydrogens is 433 g/mol. The van der Waals surface area contributed by atoms with E-state index in [1.54, 1.807) is 36.4 Å². The van der Waals surface area contributed by atoms with Crippen molar-refractivity contribution in [2.45, 2.75) is 13.5 Å². The van der Waals surface area contributed by atoms with E-state index in [9.17, 15) is 18.8 Å². The van der Waals surface area contributed by atoms with Crippen molar-refractivity contribution in [3.8, 4) is 0 Å². The second kappa shape index (κ2) is 8.44. The number of amides is 4. The number of aryl methyl sites for hydroxylation is 1. The average Bonchev–Trinajstić information content (AvgIpc) is 3.20. The van der Waals surface area contributed by atoms with Crippen molar-refractivity contribution in [3.05, 3.63) is 107 Å². The normalized spacial score (nSPS) is 15.3. The van der Waals surface area contributed by atoms with E-state index in [1.807, 2.05) is 42.0 Å². The molecule has 0 spiro atoms. The SMILES string of the molecule is Cc1ccc(N2C(=O)NC(=O)/C(=C/c3ccc4c(ccn4Cc4cccc(F)c4)c3)C2=O)cc1. The Morgan fingerprint density at radius 1 is 0.941 bits per heavy atom. The zero-order valence-electron chi connectivity index (χ0n) is 18.3. The predicted molar refractivity (Wildman–Crippen MR) is 128 cm³/mol. The zero-order chi connectivity index (χ0) is 23.8. The van der Waals surface area contributed by atoms with E-state index in [1.165, 1.54) is 18.2 Å². The summed E-state index contributed by atoms with van der Waals surface area (Å²) in [6, 6.07) is 20.0. The minimum absolute atomic E-state index is 0.126. The summed E-state index contributed by atoms with van der Waals surface area (Å²) in [4.78, 5) is 38.9. The van der Waals surface area contributed by atoms with Crippen LogP contribution in [0.3, 0.4) is 0 Å². The van der Waals surface area contributed by atoms with Crippen LogP contribution in [0.15, 0.2) is 84.6 Å². The van der Waals surface area contributed by atoms with Crippen molar-refractivity contribution in [2.24, 2.45) is 0 Å². The quantitative estimate of drug-likeness (QED) is 0.356. The van der Waals surface area contributed by atoms with E-state index < -0.39 is 17.8 Å². The highest BCUT2D eigenvalue weighted by Crippen LogP contribution is 2.24. The van der Waals surface area contributed by atoms with E-state index in [-0.39, 0.29) is 11.4 Å². The topological polar surface area (TPSA) is 71.4 Å². The molecule has 168 valence electrons. The number of anilines is 1. The maximum Gasteiger partial charge on any atom is 0.335 e. The molecule has 1 saturated heterocycles. The summed E-state index contributed by atoms with van der Waals surface area (Å²) in [5.74, 6) is -1.69. The van der Waals surface area contributed by atoms with Crippen LogP contribution >= 0.6 is 0 Å². The number of halogens is 1. The van der Waals surface area contributed by atoms with Gasteiger partial charge in [-0.15, -0.1) is 0 Å². The first-order chi connectivity index (χ1) is 16.4. The molecule has 1 aliphatic rings. The highest BCUT2D eigenvalue weighted by atomic mass is 19.1. The smallest absolute Gasteiger partial charge is 0.335 e. The van der Waals surface area contributed by atoms with Crippen LogP contribution in [-0.2, 0) is 16.1 Å². The number of rotatable bonds is 4. The van der Waals surface area contributed by atoms with Gasteiger partial charge in [-0.3, -0.25) is 14.9 Å². The molecule has 7 heteroatoms. The Morgan fingerprint density at radius 2 is 1.74 bits per heavy atom. The standard InChI is InChI=1S/C27H20FN3O3/c1-17-5-8-22(9-6-17)31-26(33)23(25(32)29-27(31)34)15-18-7-10-24-20(13-18)11-12-30(24)16-19-3-2-4-21(28)14-19/h2-15H,16H2,1H3,(H,29,32,34)/b23-15-. The number of benzene rings is 3. The number of imide groups is 2. The first-order valence-corrected chi connectivity index (χ1v) is 10.7. The molecule has 1 N–H and O–H groups in total. The lowest BCUT2D eigenvalue weighted by Crippen LogP contribution is -2.54. The number of hydrogen-bond donors (Lipinski definition) is 1. The van der Waals surface area contributed by atoms with E-state index in [2.05, 4.69) is 5.32 Å². The third-order valence-corrected chi connectivity index (χ3v) is 5.74. The molecule has 0 radical (unpaired) electrons. The van der Waals surface area contributed by atoms with Crippen LogP contribution in [0.2, 0.25) is 0 Å². The maximum absolute atomic E-state index is 13.5. The Morgan fingerprint density at radius 3 is 2.50 bits per heavy atom. The number of nitrogens with one attached hydrogen (secondary N) is 1. The Bertz CT molecular complexity index is 1480. The number of fused-ring (bicyclic) bond motifs is 1. The van der Waals surface area contributed by atoms with Crippen LogP contribution in [0.1, 0.15) is 16.7 Å². The lowest BCUT2D eigenvalue weighted by Gasteiger charge is -2.26. The molecule has 34 heavy (non-hydrogen) atoms. The van der Waals surface area contributed by atoms with Crippen molar-refractivity contribution < 1.29 is 18.8 Å². The molecule has 4 aromatic rings. The van der Waals surface area contributed by atoms with Crippen LogP contribution in [0, 0.1) is 12.7 Å². The van der Waals surface area contributed by atoms with Gasteiger partial charge in [0, 0.05) is 23.6 Å². The van der Waals surface area contributed by atoms with Crippen LogP contribution in [0.25, 0.3) is 17.0 Å². The number of aromatic nitrogens is 1. The minimum Gasteiger partial charge on any atom is -0.343 e. The Balaban J connectivity index is 1.45. The molecule has 0 saturated carbocycles. The molecule has 0 aliphatic carbocycles. The predicted octanol–water partition coefficient (Wildman–Crippen LogP) is 4.80. The van der Waals surface area contributed by atoms with Gasteiger partial charge in [0.1, 0.15) is 11.4 Å². The number of nitrogens with zero attached hydrogens (tertiary/aromatic N) is 2. The monoisotopic (exact) mass is 453 g/mol. The van der Waals surface area contributed by atoms with Crippen molar-refractivity contribution in [2.75, 3.05) is 4.90 Å². The molecule has 1 fully saturated rings. The summed E-state index contributed by atoms with van der Waals surface area (Å²) < 4.78 is 15.5. The first kappa shape index (κ1) is 21.3. The van der Waals surface area contributed by atoms with Crippen molar-refractivity contribution >= 4 is 40.5 Å². The number of carbonyl (C=O) groups excluding carboxylic acids is 3. The Kier molecular flexibility index (Phi) is 5.30. The summed E-state index contributed by atoms with van der Waals surface area (Å²) in [5, 5.41) is 3.14. The van der Waals surface area contributed by atoms with E-state index in [4.69, 9.17) is 0 Å². The molecular formula is C27H20FN3O3. The maximum atomic E-state index is 13.5. The van der Waals surface area contributed by atoms with Crippen molar-refractivity contribution in [1.29, 1.82) is 0 Å². The number of barbiturate groups is 1. The van der Waals surface area contributed by atoms with Crippen LogP contribution in [-0.4, -0.2) is 22.4 Å². The number of hydrogen-bond acceptors (Lipinski definition) is 3.